The molecule has 6 nitrogen and oxygen atoms in total. The highest BCUT2D eigenvalue weighted by molar-refractivity contribution is 5.77. The van der Waals surface area contributed by atoms with Gasteiger partial charge in [0, 0.05) is 0 Å². The van der Waals surface area contributed by atoms with Gasteiger partial charge in [-0.2, -0.15) is 0 Å². The molecule has 0 N–H and O–H groups in total. The molecule has 0 aliphatic heterocycles. The summed E-state index contributed by atoms with van der Waals surface area (Å²) in [5.74, 6) is 0. The molecule has 0 radical (unpaired) electrons. The molecule has 0 aliphatic carbocycles. The Labute approximate surface area is 144 Å². The summed E-state index contributed by atoms with van der Waals surface area (Å²) in [4.78, 5) is 17.0. The van der Waals surface area contributed by atoms with Crippen LogP contribution in [0, 0.1) is 6.92 Å². The average Bonchev–Trinajstić information content (AvgIpc) is 3.05. The molecular weight excluding hydrogens is 314 g/mol. The summed E-state index contributed by atoms with van der Waals surface area (Å²) in [6, 6.07) is 15.7. The minimum atomic E-state index is -0.0670. The van der Waals surface area contributed by atoms with Crippen LogP contribution in [-0.4, -0.2) is 24.5 Å². The summed E-state index contributed by atoms with van der Waals surface area (Å²) in [6.45, 7) is 2.99. The Hall–Kier alpha value is -3.28. The fourth-order valence-corrected chi connectivity index (χ4v) is 2.81. The average molecular weight is 331 g/mol. The van der Waals surface area contributed by atoms with Crippen molar-refractivity contribution < 1.29 is 0 Å². The molecule has 6 heteroatoms. The second-order valence-corrected chi connectivity index (χ2v) is 6.09. The predicted octanol–water partition coefficient (Wildman–Crippen LogP) is 2.39. The van der Waals surface area contributed by atoms with Crippen LogP contribution in [0.1, 0.15) is 16.8 Å². The van der Waals surface area contributed by atoms with Gasteiger partial charge in [-0.1, -0.05) is 41.6 Å². The number of benzene rings is 2. The van der Waals surface area contributed by atoms with Crippen LogP contribution in [0.15, 0.2) is 65.8 Å². The van der Waals surface area contributed by atoms with E-state index in [-0.39, 0.29) is 5.56 Å². The Morgan fingerprint density at radius 2 is 1.88 bits per heavy atom. The van der Waals surface area contributed by atoms with Crippen LogP contribution in [0.3, 0.4) is 0 Å². The van der Waals surface area contributed by atoms with Crippen LogP contribution < -0.4 is 5.56 Å². The zero-order chi connectivity index (χ0) is 17.2. The maximum atomic E-state index is 12.6. The molecule has 0 aliphatic rings. The molecule has 0 bridgehead atoms. The molecule has 0 unspecified atom stereocenters. The van der Waals surface area contributed by atoms with Crippen molar-refractivity contribution in [1.29, 1.82) is 0 Å². The van der Waals surface area contributed by atoms with Crippen molar-refractivity contribution in [1.82, 2.24) is 24.5 Å². The highest BCUT2D eigenvalue weighted by Crippen LogP contribution is 2.09. The number of aryl methyl sites for hydroxylation is 1. The largest absolute Gasteiger partial charge is 0.293 e. The molecule has 4 aromatic rings. The number of fused-ring (bicyclic) bond motifs is 1. The van der Waals surface area contributed by atoms with E-state index in [4.69, 9.17) is 0 Å². The fraction of sp³-hybridized carbons (Fsp3) is 0.158. The topological polar surface area (TPSA) is 65.6 Å². The van der Waals surface area contributed by atoms with E-state index in [1.54, 1.807) is 15.6 Å². The van der Waals surface area contributed by atoms with E-state index < -0.39 is 0 Å². The maximum Gasteiger partial charge on any atom is 0.261 e. The fourth-order valence-electron chi connectivity index (χ4n) is 2.81. The number of hydrogen-bond acceptors (Lipinski definition) is 4. The summed E-state index contributed by atoms with van der Waals surface area (Å²) in [6.07, 6.45) is 3.43. The zero-order valence-corrected chi connectivity index (χ0v) is 13.8. The first-order chi connectivity index (χ1) is 12.2. The van der Waals surface area contributed by atoms with Crippen molar-refractivity contribution in [3.8, 4) is 0 Å². The Morgan fingerprint density at radius 1 is 1.04 bits per heavy atom. The van der Waals surface area contributed by atoms with Crippen LogP contribution in [0.4, 0.5) is 0 Å². The van der Waals surface area contributed by atoms with Gasteiger partial charge in [-0.3, -0.25) is 9.36 Å². The molecule has 0 fully saturated rings. The molecule has 0 saturated carbocycles. The van der Waals surface area contributed by atoms with Gasteiger partial charge in [0.15, 0.2) is 0 Å². The molecular formula is C19H17N5O. The maximum absolute atomic E-state index is 12.6. The highest BCUT2D eigenvalue weighted by Gasteiger charge is 2.07. The molecule has 0 spiro atoms. The number of rotatable bonds is 4. The zero-order valence-electron chi connectivity index (χ0n) is 13.8. The van der Waals surface area contributed by atoms with Gasteiger partial charge < -0.3 is 0 Å². The van der Waals surface area contributed by atoms with Gasteiger partial charge >= 0.3 is 0 Å². The van der Waals surface area contributed by atoms with Gasteiger partial charge in [0.1, 0.15) is 5.69 Å². The van der Waals surface area contributed by atoms with Crippen molar-refractivity contribution in [2.75, 3.05) is 0 Å². The van der Waals surface area contributed by atoms with E-state index in [0.29, 0.717) is 24.0 Å². The highest BCUT2D eigenvalue weighted by atomic mass is 16.1. The lowest BCUT2D eigenvalue weighted by Gasteiger charge is -2.05. The van der Waals surface area contributed by atoms with Crippen LogP contribution >= 0.6 is 0 Å². The molecule has 2 heterocycles. The Kier molecular flexibility index (Phi) is 3.85. The normalized spacial score (nSPS) is 11.1. The standard InChI is InChI=1S/C19H17N5O/c1-14-7-8-17-18(9-14)20-13-23(19(17)25)11-16-12-24(22-21-16)10-15-5-3-2-4-6-15/h2-9,12-13H,10-11H2,1H3. The monoisotopic (exact) mass is 331 g/mol. The van der Waals surface area contributed by atoms with E-state index >= 15 is 0 Å². The lowest BCUT2D eigenvalue weighted by molar-refractivity contribution is 0.648. The molecule has 0 saturated heterocycles. The van der Waals surface area contributed by atoms with E-state index in [1.807, 2.05) is 61.7 Å². The van der Waals surface area contributed by atoms with Crippen molar-refractivity contribution in [2.45, 2.75) is 20.0 Å². The van der Waals surface area contributed by atoms with Gasteiger partial charge in [-0.15, -0.1) is 5.10 Å². The Balaban J connectivity index is 1.58. The molecule has 2 aromatic heterocycles. The van der Waals surface area contributed by atoms with Gasteiger partial charge in [0.2, 0.25) is 0 Å². The van der Waals surface area contributed by atoms with Crippen LogP contribution in [0.2, 0.25) is 0 Å². The van der Waals surface area contributed by atoms with Gasteiger partial charge in [0.05, 0.1) is 36.5 Å². The molecule has 4 rings (SSSR count). The van der Waals surface area contributed by atoms with E-state index in [0.717, 1.165) is 16.8 Å². The third kappa shape index (κ3) is 3.19. The Bertz CT molecular complexity index is 1080. The quantitative estimate of drug-likeness (QED) is 0.576. The van der Waals surface area contributed by atoms with Gasteiger partial charge in [0.25, 0.3) is 5.56 Å². The summed E-state index contributed by atoms with van der Waals surface area (Å²) >= 11 is 0. The minimum absolute atomic E-state index is 0.0670. The second-order valence-electron chi connectivity index (χ2n) is 6.09. The lowest BCUT2D eigenvalue weighted by atomic mass is 10.2. The molecule has 0 amide bonds. The summed E-state index contributed by atoms with van der Waals surface area (Å²) < 4.78 is 3.34. The van der Waals surface area contributed by atoms with Crippen molar-refractivity contribution in [2.24, 2.45) is 0 Å². The van der Waals surface area contributed by atoms with Gasteiger partial charge in [-0.25, -0.2) is 9.67 Å². The lowest BCUT2D eigenvalue weighted by Crippen LogP contribution is -2.21. The van der Waals surface area contributed by atoms with Crippen molar-refractivity contribution >= 4 is 10.9 Å². The van der Waals surface area contributed by atoms with E-state index in [9.17, 15) is 4.79 Å². The molecule has 0 atom stereocenters. The van der Waals surface area contributed by atoms with Gasteiger partial charge in [-0.05, 0) is 30.2 Å². The van der Waals surface area contributed by atoms with Crippen LogP contribution in [0.5, 0.6) is 0 Å². The van der Waals surface area contributed by atoms with Crippen LogP contribution in [-0.2, 0) is 13.1 Å². The number of aromatic nitrogens is 5. The van der Waals surface area contributed by atoms with Crippen LogP contribution in [0.25, 0.3) is 10.9 Å². The smallest absolute Gasteiger partial charge is 0.261 e. The predicted molar refractivity (Wildman–Crippen MR) is 95.4 cm³/mol. The molecule has 25 heavy (non-hydrogen) atoms. The van der Waals surface area contributed by atoms with E-state index in [1.165, 1.54) is 0 Å². The van der Waals surface area contributed by atoms with Crippen molar-refractivity contribution in [3.05, 3.63) is 88.2 Å². The third-order valence-corrected chi connectivity index (χ3v) is 4.09. The molecule has 2 aromatic carbocycles. The summed E-state index contributed by atoms with van der Waals surface area (Å²) in [5, 5.41) is 8.93. The van der Waals surface area contributed by atoms with E-state index in [2.05, 4.69) is 15.3 Å². The first kappa shape index (κ1) is 15.3. The summed E-state index contributed by atoms with van der Waals surface area (Å²) in [5.41, 5.74) is 3.61. The second kappa shape index (κ2) is 6.32. The first-order valence-corrected chi connectivity index (χ1v) is 8.08. The third-order valence-electron chi connectivity index (χ3n) is 4.09. The van der Waals surface area contributed by atoms with Crippen molar-refractivity contribution in [3.63, 3.8) is 0 Å². The number of hydrogen-bond donors (Lipinski definition) is 0. The number of nitrogens with zero attached hydrogens (tertiary/aromatic N) is 5. The summed E-state index contributed by atoms with van der Waals surface area (Å²) in [7, 11) is 0. The SMILES string of the molecule is Cc1ccc2c(=O)n(Cc3cn(Cc4ccccc4)nn3)cnc2c1. The minimum Gasteiger partial charge on any atom is -0.293 e. The first-order valence-electron chi connectivity index (χ1n) is 8.08. The molecule has 124 valence electrons. The Morgan fingerprint density at radius 3 is 2.72 bits per heavy atom.